The van der Waals surface area contributed by atoms with E-state index in [1.165, 1.54) is 12.1 Å². The number of amides is 1. The number of hydrogen-bond donors (Lipinski definition) is 1. The SMILES string of the molecule is CCN(C(=O)c1cc(N)c(C)c(F)c1)C(C)C. The number of nitrogens with zero attached hydrogens (tertiary/aromatic N) is 1. The first-order chi connectivity index (χ1) is 7.88. The lowest BCUT2D eigenvalue weighted by Gasteiger charge is -2.25. The van der Waals surface area contributed by atoms with Crippen molar-refractivity contribution in [2.45, 2.75) is 33.7 Å². The minimum atomic E-state index is -0.437. The predicted octanol–water partition coefficient (Wildman–Crippen LogP) is 2.59. The molecule has 0 atom stereocenters. The molecule has 1 rings (SSSR count). The monoisotopic (exact) mass is 238 g/mol. The molecule has 94 valence electrons. The third kappa shape index (κ3) is 2.75. The zero-order chi connectivity index (χ0) is 13.2. The van der Waals surface area contributed by atoms with Gasteiger partial charge < -0.3 is 10.6 Å². The van der Waals surface area contributed by atoms with Crippen molar-refractivity contribution >= 4 is 11.6 Å². The topological polar surface area (TPSA) is 46.3 Å². The van der Waals surface area contributed by atoms with Gasteiger partial charge in [-0.3, -0.25) is 4.79 Å². The lowest BCUT2D eigenvalue weighted by molar-refractivity contribution is 0.0716. The predicted molar refractivity (Wildman–Crippen MR) is 67.4 cm³/mol. The van der Waals surface area contributed by atoms with Crippen molar-refractivity contribution < 1.29 is 9.18 Å². The fourth-order valence-corrected chi connectivity index (χ4v) is 1.73. The highest BCUT2D eigenvalue weighted by Gasteiger charge is 2.18. The highest BCUT2D eigenvalue weighted by molar-refractivity contribution is 5.95. The number of halogens is 1. The fourth-order valence-electron chi connectivity index (χ4n) is 1.73. The van der Waals surface area contributed by atoms with Crippen LogP contribution in [0.5, 0.6) is 0 Å². The molecule has 0 fully saturated rings. The minimum absolute atomic E-state index is 0.0816. The van der Waals surface area contributed by atoms with E-state index in [2.05, 4.69) is 0 Å². The van der Waals surface area contributed by atoms with Gasteiger partial charge in [-0.25, -0.2) is 4.39 Å². The Morgan fingerprint density at radius 2 is 2.06 bits per heavy atom. The van der Waals surface area contributed by atoms with Crippen molar-refractivity contribution in [1.82, 2.24) is 4.90 Å². The lowest BCUT2D eigenvalue weighted by atomic mass is 10.1. The minimum Gasteiger partial charge on any atom is -0.398 e. The maximum absolute atomic E-state index is 13.5. The third-order valence-electron chi connectivity index (χ3n) is 2.86. The summed E-state index contributed by atoms with van der Waals surface area (Å²) in [5, 5.41) is 0. The van der Waals surface area contributed by atoms with E-state index in [0.29, 0.717) is 23.4 Å². The molecule has 0 unspecified atom stereocenters. The molecular formula is C13H19FN2O. The second kappa shape index (κ2) is 5.17. The Morgan fingerprint density at radius 1 is 1.47 bits per heavy atom. The summed E-state index contributed by atoms with van der Waals surface area (Å²) in [4.78, 5) is 13.8. The Balaban J connectivity index is 3.12. The molecule has 0 heterocycles. The molecule has 0 radical (unpaired) electrons. The molecule has 0 aromatic heterocycles. The molecule has 0 aliphatic rings. The Morgan fingerprint density at radius 3 is 2.47 bits per heavy atom. The third-order valence-corrected chi connectivity index (χ3v) is 2.86. The molecule has 1 aromatic rings. The summed E-state index contributed by atoms with van der Waals surface area (Å²) in [5.74, 6) is -0.624. The second-order valence-electron chi connectivity index (χ2n) is 4.36. The number of anilines is 1. The van der Waals surface area contributed by atoms with Gasteiger partial charge in [0.1, 0.15) is 5.82 Å². The van der Waals surface area contributed by atoms with Crippen molar-refractivity contribution in [3.63, 3.8) is 0 Å². The molecule has 0 saturated carbocycles. The number of carbonyl (C=O) groups is 1. The summed E-state index contributed by atoms with van der Waals surface area (Å²) < 4.78 is 13.5. The van der Waals surface area contributed by atoms with Crippen molar-refractivity contribution in [2.24, 2.45) is 0 Å². The van der Waals surface area contributed by atoms with Gasteiger partial charge in [-0.15, -0.1) is 0 Å². The molecule has 17 heavy (non-hydrogen) atoms. The standard InChI is InChI=1S/C13H19FN2O/c1-5-16(8(2)3)13(17)10-6-11(14)9(4)12(15)7-10/h6-8H,5,15H2,1-4H3. The van der Waals surface area contributed by atoms with Crippen molar-refractivity contribution in [1.29, 1.82) is 0 Å². The molecule has 0 bridgehead atoms. The Hall–Kier alpha value is -1.58. The fraction of sp³-hybridized carbons (Fsp3) is 0.462. The Labute approximate surface area is 101 Å². The number of rotatable bonds is 3. The van der Waals surface area contributed by atoms with Crippen molar-refractivity contribution in [2.75, 3.05) is 12.3 Å². The number of hydrogen-bond acceptors (Lipinski definition) is 2. The highest BCUT2D eigenvalue weighted by atomic mass is 19.1. The lowest BCUT2D eigenvalue weighted by Crippen LogP contribution is -2.36. The van der Waals surface area contributed by atoms with Crippen LogP contribution in [0.15, 0.2) is 12.1 Å². The van der Waals surface area contributed by atoms with E-state index in [-0.39, 0.29) is 11.9 Å². The molecule has 0 saturated heterocycles. The Kier molecular flexibility index (Phi) is 4.10. The van der Waals surface area contributed by atoms with Crippen LogP contribution < -0.4 is 5.73 Å². The first-order valence-corrected chi connectivity index (χ1v) is 5.75. The van der Waals surface area contributed by atoms with E-state index < -0.39 is 5.82 Å². The zero-order valence-corrected chi connectivity index (χ0v) is 10.7. The van der Waals surface area contributed by atoms with Crippen LogP contribution >= 0.6 is 0 Å². The van der Waals surface area contributed by atoms with Gasteiger partial charge in [0, 0.05) is 29.4 Å². The van der Waals surface area contributed by atoms with Crippen LogP contribution in [0, 0.1) is 12.7 Å². The maximum atomic E-state index is 13.5. The molecule has 0 aliphatic heterocycles. The molecule has 4 heteroatoms. The van der Waals surface area contributed by atoms with Crippen LogP contribution in [0.1, 0.15) is 36.7 Å². The van der Waals surface area contributed by atoms with Crippen molar-refractivity contribution in [3.05, 3.63) is 29.1 Å². The number of nitrogens with two attached hydrogens (primary N) is 1. The van der Waals surface area contributed by atoms with E-state index >= 15 is 0 Å². The van der Waals surface area contributed by atoms with Gasteiger partial charge in [-0.2, -0.15) is 0 Å². The van der Waals surface area contributed by atoms with Crippen LogP contribution in [0.4, 0.5) is 10.1 Å². The molecule has 3 nitrogen and oxygen atoms in total. The first-order valence-electron chi connectivity index (χ1n) is 5.75. The van der Waals surface area contributed by atoms with Crippen LogP contribution in [-0.2, 0) is 0 Å². The second-order valence-corrected chi connectivity index (χ2v) is 4.36. The number of carbonyl (C=O) groups excluding carboxylic acids is 1. The van der Waals surface area contributed by atoms with E-state index in [9.17, 15) is 9.18 Å². The Bertz CT molecular complexity index is 406. The van der Waals surface area contributed by atoms with E-state index in [1.807, 2.05) is 20.8 Å². The molecular weight excluding hydrogens is 219 g/mol. The zero-order valence-electron chi connectivity index (χ0n) is 10.7. The van der Waals surface area contributed by atoms with Gasteiger partial charge >= 0.3 is 0 Å². The molecule has 1 aromatic carbocycles. The average molecular weight is 238 g/mol. The number of nitrogen functional groups attached to an aromatic ring is 1. The summed E-state index contributed by atoms with van der Waals surface area (Å²) >= 11 is 0. The summed E-state index contributed by atoms with van der Waals surface area (Å²) in [5.41, 5.74) is 6.67. The van der Waals surface area contributed by atoms with Gasteiger partial charge in [-0.05, 0) is 39.8 Å². The van der Waals surface area contributed by atoms with Crippen molar-refractivity contribution in [3.8, 4) is 0 Å². The van der Waals surface area contributed by atoms with Gasteiger partial charge in [0.2, 0.25) is 0 Å². The summed E-state index contributed by atoms with van der Waals surface area (Å²) in [6.07, 6.45) is 0. The first kappa shape index (κ1) is 13.5. The van der Waals surface area contributed by atoms with Crippen LogP contribution in [0.2, 0.25) is 0 Å². The summed E-state index contributed by atoms with van der Waals surface area (Å²) in [7, 11) is 0. The molecule has 0 aliphatic carbocycles. The van der Waals surface area contributed by atoms with Gasteiger partial charge in [0.05, 0.1) is 0 Å². The van der Waals surface area contributed by atoms with Gasteiger partial charge in [0.25, 0.3) is 5.91 Å². The smallest absolute Gasteiger partial charge is 0.254 e. The molecule has 0 spiro atoms. The average Bonchev–Trinajstić information content (AvgIpc) is 2.25. The van der Waals surface area contributed by atoms with Crippen LogP contribution in [-0.4, -0.2) is 23.4 Å². The van der Waals surface area contributed by atoms with Crippen LogP contribution in [0.25, 0.3) is 0 Å². The largest absolute Gasteiger partial charge is 0.398 e. The van der Waals surface area contributed by atoms with Gasteiger partial charge in [-0.1, -0.05) is 0 Å². The summed E-state index contributed by atoms with van der Waals surface area (Å²) in [6.45, 7) is 7.93. The normalized spacial score (nSPS) is 10.7. The maximum Gasteiger partial charge on any atom is 0.254 e. The quantitative estimate of drug-likeness (QED) is 0.823. The van der Waals surface area contributed by atoms with E-state index in [1.54, 1.807) is 11.8 Å². The number of benzene rings is 1. The summed E-state index contributed by atoms with van der Waals surface area (Å²) in [6, 6.07) is 2.86. The van der Waals surface area contributed by atoms with E-state index in [4.69, 9.17) is 5.73 Å². The van der Waals surface area contributed by atoms with Crippen LogP contribution in [0.3, 0.4) is 0 Å². The van der Waals surface area contributed by atoms with E-state index in [0.717, 1.165) is 0 Å². The molecule has 1 amide bonds. The van der Waals surface area contributed by atoms with Gasteiger partial charge in [0.15, 0.2) is 0 Å². The molecule has 2 N–H and O–H groups in total. The highest BCUT2D eigenvalue weighted by Crippen LogP contribution is 2.19.